The largest absolute Gasteiger partial charge is 0.355 e. The molecule has 0 radical (unpaired) electrons. The van der Waals surface area contributed by atoms with Gasteiger partial charge < -0.3 is 10.6 Å². The highest BCUT2D eigenvalue weighted by Gasteiger charge is 2.15. The monoisotopic (exact) mass is 470 g/mol. The zero-order valence-electron chi connectivity index (χ0n) is 14.9. The number of rotatable bonds is 5. The van der Waals surface area contributed by atoms with Crippen LogP contribution in [0.4, 0.5) is 0 Å². The Morgan fingerprint density at radius 1 is 1.16 bits per heavy atom. The Bertz CT molecular complexity index is 698. The van der Waals surface area contributed by atoms with Crippen molar-refractivity contribution < 1.29 is 0 Å². The van der Waals surface area contributed by atoms with Gasteiger partial charge in [0.15, 0.2) is 5.96 Å². The van der Waals surface area contributed by atoms with Gasteiger partial charge in [0.1, 0.15) is 0 Å². The first-order valence-electron chi connectivity index (χ1n) is 8.53. The zero-order valence-corrected chi connectivity index (χ0v) is 18.1. The molecule has 6 heteroatoms. The molecule has 2 heterocycles. The summed E-state index contributed by atoms with van der Waals surface area (Å²) < 4.78 is 0. The van der Waals surface area contributed by atoms with Crippen LogP contribution < -0.4 is 10.6 Å². The molecule has 1 aromatic heterocycles. The van der Waals surface area contributed by atoms with Crippen LogP contribution in [-0.4, -0.2) is 37.5 Å². The third kappa shape index (κ3) is 5.97. The Hall–Kier alpha value is -1.12. The van der Waals surface area contributed by atoms with Crippen molar-refractivity contribution in [3.05, 3.63) is 57.3 Å². The SMILES string of the molecule is CN=C(NCCN1CCc2ccccc2C1)NCc1ccc(C)s1.I. The fourth-order valence-electron chi connectivity index (χ4n) is 3.05. The third-order valence-corrected chi connectivity index (χ3v) is 5.38. The molecule has 0 saturated carbocycles. The predicted octanol–water partition coefficient (Wildman–Crippen LogP) is 3.40. The molecule has 0 atom stereocenters. The quantitative estimate of drug-likeness (QED) is 0.400. The zero-order chi connectivity index (χ0) is 16.8. The summed E-state index contributed by atoms with van der Waals surface area (Å²) in [6.45, 7) is 7.10. The minimum absolute atomic E-state index is 0. The molecule has 2 aromatic rings. The number of fused-ring (bicyclic) bond motifs is 1. The molecule has 4 nitrogen and oxygen atoms in total. The van der Waals surface area contributed by atoms with Gasteiger partial charge in [-0.3, -0.25) is 9.89 Å². The normalized spacial score (nSPS) is 14.6. The average Bonchev–Trinajstić information content (AvgIpc) is 3.03. The number of benzene rings is 1. The Morgan fingerprint density at radius 2 is 1.96 bits per heavy atom. The van der Waals surface area contributed by atoms with Crippen molar-refractivity contribution in [2.75, 3.05) is 26.7 Å². The van der Waals surface area contributed by atoms with Gasteiger partial charge >= 0.3 is 0 Å². The Balaban J connectivity index is 0.00000225. The number of halogens is 1. The van der Waals surface area contributed by atoms with Crippen molar-refractivity contribution in [3.8, 4) is 0 Å². The second kappa shape index (κ2) is 10.1. The molecule has 0 unspecified atom stereocenters. The van der Waals surface area contributed by atoms with E-state index in [1.165, 1.54) is 20.9 Å². The van der Waals surface area contributed by atoms with E-state index < -0.39 is 0 Å². The highest BCUT2D eigenvalue weighted by Crippen LogP contribution is 2.17. The van der Waals surface area contributed by atoms with Crippen LogP contribution in [0, 0.1) is 6.92 Å². The van der Waals surface area contributed by atoms with E-state index in [-0.39, 0.29) is 24.0 Å². The van der Waals surface area contributed by atoms with E-state index >= 15 is 0 Å². The van der Waals surface area contributed by atoms with E-state index in [0.29, 0.717) is 0 Å². The maximum atomic E-state index is 4.31. The summed E-state index contributed by atoms with van der Waals surface area (Å²) in [6, 6.07) is 13.1. The summed E-state index contributed by atoms with van der Waals surface area (Å²) in [6.07, 6.45) is 1.15. The number of hydrogen-bond acceptors (Lipinski definition) is 3. The maximum Gasteiger partial charge on any atom is 0.191 e. The molecular formula is C19H27IN4S. The van der Waals surface area contributed by atoms with E-state index in [0.717, 1.165) is 45.1 Å². The number of aryl methyl sites for hydroxylation is 1. The van der Waals surface area contributed by atoms with Gasteiger partial charge in [-0.15, -0.1) is 35.3 Å². The summed E-state index contributed by atoms with van der Waals surface area (Å²) >= 11 is 1.83. The van der Waals surface area contributed by atoms with Crippen LogP contribution in [0.3, 0.4) is 0 Å². The fraction of sp³-hybridized carbons (Fsp3) is 0.421. The van der Waals surface area contributed by atoms with Crippen molar-refractivity contribution in [1.29, 1.82) is 0 Å². The Labute approximate surface area is 171 Å². The highest BCUT2D eigenvalue weighted by atomic mass is 127. The van der Waals surface area contributed by atoms with Crippen LogP contribution in [0.1, 0.15) is 20.9 Å². The summed E-state index contributed by atoms with van der Waals surface area (Å²) in [5.41, 5.74) is 2.98. The van der Waals surface area contributed by atoms with Gasteiger partial charge in [-0.1, -0.05) is 24.3 Å². The van der Waals surface area contributed by atoms with Crippen LogP contribution in [-0.2, 0) is 19.5 Å². The standard InChI is InChI=1S/C19H26N4S.HI/c1-15-7-8-18(24-15)13-22-19(20-2)21-10-12-23-11-9-16-5-3-4-6-17(16)14-23;/h3-8H,9-14H2,1-2H3,(H2,20,21,22);1H. The van der Waals surface area contributed by atoms with Crippen LogP contribution in [0.25, 0.3) is 0 Å². The first-order chi connectivity index (χ1) is 11.7. The first-order valence-corrected chi connectivity index (χ1v) is 9.35. The van der Waals surface area contributed by atoms with Crippen LogP contribution in [0.5, 0.6) is 0 Å². The number of hydrogen-bond donors (Lipinski definition) is 2. The fourth-order valence-corrected chi connectivity index (χ4v) is 3.88. The van der Waals surface area contributed by atoms with Crippen LogP contribution >= 0.6 is 35.3 Å². The van der Waals surface area contributed by atoms with E-state index in [4.69, 9.17) is 0 Å². The number of nitrogens with zero attached hydrogens (tertiary/aromatic N) is 2. The molecule has 25 heavy (non-hydrogen) atoms. The molecule has 3 rings (SSSR count). The van der Waals surface area contributed by atoms with E-state index in [9.17, 15) is 0 Å². The Morgan fingerprint density at radius 3 is 2.68 bits per heavy atom. The summed E-state index contributed by atoms with van der Waals surface area (Å²) in [4.78, 5) is 9.50. The third-order valence-electron chi connectivity index (χ3n) is 4.38. The van der Waals surface area contributed by atoms with Crippen molar-refractivity contribution in [2.24, 2.45) is 4.99 Å². The van der Waals surface area contributed by atoms with Crippen LogP contribution in [0.15, 0.2) is 41.4 Å². The van der Waals surface area contributed by atoms with E-state index in [2.05, 4.69) is 63.8 Å². The van der Waals surface area contributed by atoms with Gasteiger partial charge in [-0.25, -0.2) is 0 Å². The van der Waals surface area contributed by atoms with Gasteiger partial charge in [-0.2, -0.15) is 0 Å². The summed E-state index contributed by atoms with van der Waals surface area (Å²) in [7, 11) is 1.83. The molecule has 0 aliphatic carbocycles. The molecule has 1 aromatic carbocycles. The molecule has 0 bridgehead atoms. The van der Waals surface area contributed by atoms with Gasteiger partial charge in [0.05, 0.1) is 6.54 Å². The second-order valence-corrected chi connectivity index (χ2v) is 7.53. The van der Waals surface area contributed by atoms with Gasteiger partial charge in [0.2, 0.25) is 0 Å². The van der Waals surface area contributed by atoms with Gasteiger partial charge in [-0.05, 0) is 36.6 Å². The lowest BCUT2D eigenvalue weighted by Gasteiger charge is -2.28. The summed E-state index contributed by atoms with van der Waals surface area (Å²) in [5.74, 6) is 0.874. The van der Waals surface area contributed by atoms with Gasteiger partial charge in [0.25, 0.3) is 0 Å². The predicted molar refractivity (Wildman–Crippen MR) is 118 cm³/mol. The lowest BCUT2D eigenvalue weighted by molar-refractivity contribution is 0.258. The molecule has 2 N–H and O–H groups in total. The van der Waals surface area contributed by atoms with Crippen LogP contribution in [0.2, 0.25) is 0 Å². The van der Waals surface area contributed by atoms with Crippen molar-refractivity contribution >= 4 is 41.3 Å². The minimum atomic E-state index is 0. The lowest BCUT2D eigenvalue weighted by atomic mass is 10.00. The molecule has 1 aliphatic rings. The van der Waals surface area contributed by atoms with E-state index in [1.807, 2.05) is 18.4 Å². The molecule has 0 spiro atoms. The number of thiophene rings is 1. The first kappa shape index (κ1) is 20.2. The van der Waals surface area contributed by atoms with E-state index in [1.54, 1.807) is 0 Å². The maximum absolute atomic E-state index is 4.31. The lowest BCUT2D eigenvalue weighted by Crippen LogP contribution is -2.42. The number of nitrogens with one attached hydrogen (secondary N) is 2. The molecule has 136 valence electrons. The highest BCUT2D eigenvalue weighted by molar-refractivity contribution is 14.0. The van der Waals surface area contributed by atoms with Crippen molar-refractivity contribution in [1.82, 2.24) is 15.5 Å². The molecule has 0 amide bonds. The Kier molecular flexibility index (Phi) is 8.18. The van der Waals surface area contributed by atoms with Gasteiger partial charge in [0, 0.05) is 43.0 Å². The van der Waals surface area contributed by atoms with Crippen molar-refractivity contribution in [3.63, 3.8) is 0 Å². The number of aliphatic imine (C=N–C) groups is 1. The van der Waals surface area contributed by atoms with Crippen molar-refractivity contribution in [2.45, 2.75) is 26.4 Å². The number of guanidine groups is 1. The molecule has 0 saturated heterocycles. The topological polar surface area (TPSA) is 39.7 Å². The average molecular weight is 470 g/mol. The molecular weight excluding hydrogens is 443 g/mol. The smallest absolute Gasteiger partial charge is 0.191 e. The summed E-state index contributed by atoms with van der Waals surface area (Å²) in [5, 5.41) is 6.80. The minimum Gasteiger partial charge on any atom is -0.355 e. The second-order valence-electron chi connectivity index (χ2n) is 6.16. The molecule has 0 fully saturated rings. The molecule has 1 aliphatic heterocycles.